The molecule has 14 heavy (non-hydrogen) atoms. The van der Waals surface area contributed by atoms with Crippen LogP contribution < -0.4 is 10.1 Å². The third kappa shape index (κ3) is 1.34. The van der Waals surface area contributed by atoms with E-state index >= 15 is 0 Å². The number of rotatable bonds is 1. The summed E-state index contributed by atoms with van der Waals surface area (Å²) >= 11 is 0. The van der Waals surface area contributed by atoms with Crippen molar-refractivity contribution in [3.63, 3.8) is 0 Å². The van der Waals surface area contributed by atoms with Crippen LogP contribution in [-0.4, -0.2) is 18.8 Å². The first-order chi connectivity index (χ1) is 6.74. The van der Waals surface area contributed by atoms with E-state index in [4.69, 9.17) is 4.74 Å². The van der Waals surface area contributed by atoms with Crippen LogP contribution in [-0.2, 0) is 6.42 Å². The van der Waals surface area contributed by atoms with Gasteiger partial charge in [0.15, 0.2) is 0 Å². The lowest BCUT2D eigenvalue weighted by atomic mass is 9.93. The summed E-state index contributed by atoms with van der Waals surface area (Å²) in [5.41, 5.74) is 2.12. The first kappa shape index (κ1) is 9.34. The van der Waals surface area contributed by atoms with E-state index in [0.29, 0.717) is 5.75 Å². The lowest BCUT2D eigenvalue weighted by molar-refractivity contribution is 0.389. The Hall–Kier alpha value is -1.22. The van der Waals surface area contributed by atoms with E-state index in [2.05, 4.69) is 12.2 Å². The van der Waals surface area contributed by atoms with Crippen LogP contribution in [0.5, 0.6) is 11.5 Å². The average molecular weight is 193 g/mol. The molecule has 1 heterocycles. The van der Waals surface area contributed by atoms with E-state index in [9.17, 15) is 5.11 Å². The largest absolute Gasteiger partial charge is 0.508 e. The predicted molar refractivity (Wildman–Crippen MR) is 54.8 cm³/mol. The van der Waals surface area contributed by atoms with Gasteiger partial charge in [-0.05, 0) is 32.0 Å². The van der Waals surface area contributed by atoms with E-state index in [-0.39, 0.29) is 6.04 Å². The van der Waals surface area contributed by atoms with Crippen LogP contribution in [0.4, 0.5) is 0 Å². The molecule has 1 atom stereocenters. The van der Waals surface area contributed by atoms with Crippen LogP contribution in [0.3, 0.4) is 0 Å². The molecule has 0 aromatic heterocycles. The van der Waals surface area contributed by atoms with Crippen molar-refractivity contribution < 1.29 is 9.84 Å². The quantitative estimate of drug-likeness (QED) is 0.712. The van der Waals surface area contributed by atoms with Crippen molar-refractivity contribution in [1.29, 1.82) is 0 Å². The number of aromatic hydroxyl groups is 1. The SMILES string of the molecule is COc1ccc(O)c2c1C(C)NCC2. The minimum absolute atomic E-state index is 0.251. The molecule has 1 aliphatic heterocycles. The molecule has 0 saturated heterocycles. The first-order valence-corrected chi connectivity index (χ1v) is 4.86. The molecule has 1 unspecified atom stereocenters. The van der Waals surface area contributed by atoms with E-state index in [1.807, 2.05) is 6.07 Å². The van der Waals surface area contributed by atoms with E-state index in [1.54, 1.807) is 13.2 Å². The van der Waals surface area contributed by atoms with E-state index in [1.165, 1.54) is 0 Å². The molecule has 1 aliphatic rings. The molecule has 3 nitrogen and oxygen atoms in total. The number of ether oxygens (including phenoxy) is 1. The van der Waals surface area contributed by atoms with Gasteiger partial charge in [0.25, 0.3) is 0 Å². The topological polar surface area (TPSA) is 41.5 Å². The van der Waals surface area contributed by atoms with Gasteiger partial charge in [-0.3, -0.25) is 0 Å². The van der Waals surface area contributed by atoms with Crippen LogP contribution in [0.15, 0.2) is 12.1 Å². The van der Waals surface area contributed by atoms with Crippen molar-refractivity contribution in [3.8, 4) is 11.5 Å². The highest BCUT2D eigenvalue weighted by molar-refractivity contribution is 5.50. The van der Waals surface area contributed by atoms with Gasteiger partial charge >= 0.3 is 0 Å². The standard InChI is InChI=1S/C11H15NO2/c1-7-11-8(5-6-12-7)9(13)3-4-10(11)14-2/h3-4,7,12-13H,5-6H2,1-2H3. The molecule has 0 radical (unpaired) electrons. The Labute approximate surface area is 83.7 Å². The van der Waals surface area contributed by atoms with Gasteiger partial charge < -0.3 is 15.2 Å². The Balaban J connectivity index is 2.58. The smallest absolute Gasteiger partial charge is 0.124 e. The van der Waals surface area contributed by atoms with Crippen LogP contribution in [0.2, 0.25) is 0 Å². The summed E-state index contributed by atoms with van der Waals surface area (Å²) in [5.74, 6) is 1.24. The maximum Gasteiger partial charge on any atom is 0.124 e. The van der Waals surface area contributed by atoms with E-state index in [0.717, 1.165) is 29.8 Å². The van der Waals surface area contributed by atoms with Gasteiger partial charge in [0.2, 0.25) is 0 Å². The zero-order valence-corrected chi connectivity index (χ0v) is 8.50. The van der Waals surface area contributed by atoms with Crippen LogP contribution in [0.1, 0.15) is 24.1 Å². The molecule has 0 fully saturated rings. The Morgan fingerprint density at radius 1 is 1.50 bits per heavy atom. The maximum atomic E-state index is 9.71. The molecular formula is C11H15NO2. The molecular weight excluding hydrogens is 178 g/mol. The monoisotopic (exact) mass is 193 g/mol. The number of fused-ring (bicyclic) bond motifs is 1. The molecule has 0 aliphatic carbocycles. The second-order valence-electron chi connectivity index (χ2n) is 3.60. The number of phenols is 1. The average Bonchev–Trinajstić information content (AvgIpc) is 2.20. The normalized spacial score (nSPS) is 20.3. The fourth-order valence-corrected chi connectivity index (χ4v) is 2.06. The second-order valence-corrected chi connectivity index (χ2v) is 3.60. The summed E-state index contributed by atoms with van der Waals surface area (Å²) in [6.07, 6.45) is 0.864. The van der Waals surface area contributed by atoms with Crippen molar-refractivity contribution in [2.75, 3.05) is 13.7 Å². The Bertz CT molecular complexity index is 349. The lowest BCUT2D eigenvalue weighted by Gasteiger charge is -2.26. The summed E-state index contributed by atoms with van der Waals surface area (Å²) in [6.45, 7) is 2.99. The van der Waals surface area contributed by atoms with Crippen molar-refractivity contribution in [2.24, 2.45) is 0 Å². The Morgan fingerprint density at radius 3 is 3.00 bits per heavy atom. The second kappa shape index (κ2) is 3.50. The van der Waals surface area contributed by atoms with Crippen LogP contribution in [0.25, 0.3) is 0 Å². The minimum atomic E-state index is 0.251. The van der Waals surface area contributed by atoms with Gasteiger partial charge in [0.1, 0.15) is 11.5 Å². The lowest BCUT2D eigenvalue weighted by Crippen LogP contribution is -2.28. The Kier molecular flexibility index (Phi) is 2.33. The third-order valence-corrected chi connectivity index (χ3v) is 2.77. The van der Waals surface area contributed by atoms with E-state index < -0.39 is 0 Å². The molecule has 0 saturated carbocycles. The third-order valence-electron chi connectivity index (χ3n) is 2.77. The molecule has 1 aromatic carbocycles. The molecule has 2 rings (SSSR count). The summed E-state index contributed by atoms with van der Waals surface area (Å²) in [6, 6.07) is 3.77. The zero-order chi connectivity index (χ0) is 10.1. The zero-order valence-electron chi connectivity index (χ0n) is 8.50. The number of methoxy groups -OCH3 is 1. The number of benzene rings is 1. The Morgan fingerprint density at radius 2 is 2.29 bits per heavy atom. The fraction of sp³-hybridized carbons (Fsp3) is 0.455. The number of nitrogens with one attached hydrogen (secondary N) is 1. The highest BCUT2D eigenvalue weighted by atomic mass is 16.5. The number of phenolic OH excluding ortho intramolecular Hbond substituents is 1. The van der Waals surface area contributed by atoms with Crippen molar-refractivity contribution in [1.82, 2.24) is 5.32 Å². The molecule has 1 aromatic rings. The number of hydrogen-bond acceptors (Lipinski definition) is 3. The summed E-state index contributed by atoms with van der Waals surface area (Å²) in [4.78, 5) is 0. The molecule has 3 heteroatoms. The molecule has 2 N–H and O–H groups in total. The summed E-state index contributed by atoms with van der Waals surface area (Å²) in [5, 5.41) is 13.1. The molecule has 0 amide bonds. The molecule has 0 spiro atoms. The van der Waals surface area contributed by atoms with Gasteiger partial charge in [0.05, 0.1) is 7.11 Å². The fourth-order valence-electron chi connectivity index (χ4n) is 2.06. The highest BCUT2D eigenvalue weighted by Crippen LogP contribution is 2.36. The summed E-state index contributed by atoms with van der Waals surface area (Å²) in [7, 11) is 1.66. The summed E-state index contributed by atoms with van der Waals surface area (Å²) < 4.78 is 5.29. The van der Waals surface area contributed by atoms with Crippen molar-refractivity contribution in [3.05, 3.63) is 23.3 Å². The predicted octanol–water partition coefficient (Wildman–Crippen LogP) is 1.61. The maximum absolute atomic E-state index is 9.71. The van der Waals surface area contributed by atoms with Gasteiger partial charge in [-0.15, -0.1) is 0 Å². The molecule has 0 bridgehead atoms. The van der Waals surface area contributed by atoms with Gasteiger partial charge in [-0.25, -0.2) is 0 Å². The van der Waals surface area contributed by atoms with Crippen molar-refractivity contribution >= 4 is 0 Å². The van der Waals surface area contributed by atoms with Crippen LogP contribution >= 0.6 is 0 Å². The first-order valence-electron chi connectivity index (χ1n) is 4.86. The highest BCUT2D eigenvalue weighted by Gasteiger charge is 2.22. The van der Waals surface area contributed by atoms with Gasteiger partial charge in [-0.1, -0.05) is 0 Å². The number of hydrogen-bond donors (Lipinski definition) is 2. The van der Waals surface area contributed by atoms with Gasteiger partial charge in [0, 0.05) is 17.2 Å². The van der Waals surface area contributed by atoms with Crippen LogP contribution in [0, 0.1) is 0 Å². The van der Waals surface area contributed by atoms with Gasteiger partial charge in [-0.2, -0.15) is 0 Å². The minimum Gasteiger partial charge on any atom is -0.508 e. The molecule has 76 valence electrons. The van der Waals surface area contributed by atoms with Crippen molar-refractivity contribution in [2.45, 2.75) is 19.4 Å².